The summed E-state index contributed by atoms with van der Waals surface area (Å²) in [5.74, 6) is 0.110. The summed E-state index contributed by atoms with van der Waals surface area (Å²) < 4.78 is 2.04. The highest BCUT2D eigenvalue weighted by Gasteiger charge is 2.30. The summed E-state index contributed by atoms with van der Waals surface area (Å²) in [4.78, 5) is 35.9. The fourth-order valence-corrected chi connectivity index (χ4v) is 4.54. The second-order valence-corrected chi connectivity index (χ2v) is 8.94. The Morgan fingerprint density at radius 3 is 2.66 bits per heavy atom. The number of nitrogen functional groups attached to an aromatic ring is 1. The topological polar surface area (TPSA) is 114 Å². The second-order valence-electron chi connectivity index (χ2n) is 8.94. The van der Waals surface area contributed by atoms with Crippen LogP contribution in [0.15, 0.2) is 60.9 Å². The van der Waals surface area contributed by atoms with E-state index in [1.807, 2.05) is 41.1 Å². The normalized spacial score (nSPS) is 12.9. The number of carbonyl (C=O) groups excluding carboxylic acids is 1. The van der Waals surface area contributed by atoms with Gasteiger partial charge in [-0.2, -0.15) is 0 Å². The van der Waals surface area contributed by atoms with Crippen LogP contribution in [0.2, 0.25) is 0 Å². The van der Waals surface area contributed by atoms with E-state index in [1.54, 1.807) is 30.2 Å². The third kappa shape index (κ3) is 3.82. The average Bonchev–Trinajstić information content (AvgIpc) is 3.45. The molecule has 1 aliphatic rings. The van der Waals surface area contributed by atoms with E-state index in [2.05, 4.69) is 18.8 Å². The zero-order valence-electron chi connectivity index (χ0n) is 19.7. The molecule has 0 fully saturated rings. The lowest BCUT2D eigenvalue weighted by molar-refractivity contribution is 0.0696. The number of hydrogen-bond donors (Lipinski definition) is 2. The Morgan fingerprint density at radius 2 is 1.91 bits per heavy atom. The molecule has 3 heterocycles. The van der Waals surface area contributed by atoms with E-state index in [0.717, 1.165) is 17.0 Å². The molecule has 0 bridgehead atoms. The SMILES string of the molecule is Cc1c(C(=O)O)cc(N)cc1-c1ccc2c(c1)C(=O)N(c1cccc(-c3nccn3C(C)C)n1)C2. The van der Waals surface area contributed by atoms with E-state index in [9.17, 15) is 14.7 Å². The summed E-state index contributed by atoms with van der Waals surface area (Å²) in [6, 6.07) is 14.6. The van der Waals surface area contributed by atoms with Crippen LogP contribution in [0.3, 0.4) is 0 Å². The van der Waals surface area contributed by atoms with E-state index in [1.165, 1.54) is 6.07 Å². The summed E-state index contributed by atoms with van der Waals surface area (Å²) in [5.41, 5.74) is 10.7. The molecule has 1 amide bonds. The number of hydrogen-bond acceptors (Lipinski definition) is 5. The Kier molecular flexibility index (Phi) is 5.36. The number of nitrogens with zero attached hydrogens (tertiary/aromatic N) is 4. The molecule has 8 nitrogen and oxygen atoms in total. The smallest absolute Gasteiger partial charge is 0.336 e. The highest BCUT2D eigenvalue weighted by atomic mass is 16.4. The van der Waals surface area contributed by atoms with Gasteiger partial charge in [-0.15, -0.1) is 0 Å². The fourth-order valence-electron chi connectivity index (χ4n) is 4.54. The van der Waals surface area contributed by atoms with Gasteiger partial charge in [-0.1, -0.05) is 18.2 Å². The summed E-state index contributed by atoms with van der Waals surface area (Å²) in [7, 11) is 0. The molecule has 1 aliphatic heterocycles. The van der Waals surface area contributed by atoms with Gasteiger partial charge < -0.3 is 15.4 Å². The maximum atomic E-state index is 13.4. The minimum absolute atomic E-state index is 0.147. The van der Waals surface area contributed by atoms with Gasteiger partial charge in [-0.05, 0) is 73.4 Å². The summed E-state index contributed by atoms with van der Waals surface area (Å²) >= 11 is 0. The van der Waals surface area contributed by atoms with Crippen molar-refractivity contribution in [2.45, 2.75) is 33.4 Å². The number of benzene rings is 2. The molecule has 3 N–H and O–H groups in total. The first-order valence-corrected chi connectivity index (χ1v) is 11.3. The standard InChI is InChI=1S/C27H25N5O3/c1-15(2)31-10-9-29-25(31)23-5-4-6-24(30-23)32-14-18-8-7-17(11-22(18)26(32)33)20-12-19(28)13-21(16(20)3)27(34)35/h4-13,15H,14,28H2,1-3H3,(H,34,35). The maximum Gasteiger partial charge on any atom is 0.336 e. The van der Waals surface area contributed by atoms with Crippen molar-refractivity contribution in [2.75, 3.05) is 10.6 Å². The molecule has 0 aliphatic carbocycles. The number of nitrogens with two attached hydrogens (primary N) is 1. The van der Waals surface area contributed by atoms with E-state index >= 15 is 0 Å². The first-order chi connectivity index (χ1) is 16.7. The third-order valence-electron chi connectivity index (χ3n) is 6.35. The first kappa shape index (κ1) is 22.3. The van der Waals surface area contributed by atoms with Crippen molar-refractivity contribution in [3.05, 3.63) is 83.2 Å². The van der Waals surface area contributed by atoms with Gasteiger partial charge in [0.15, 0.2) is 5.82 Å². The number of carbonyl (C=O) groups is 2. The quantitative estimate of drug-likeness (QED) is 0.402. The molecule has 5 rings (SSSR count). The molecule has 8 heteroatoms. The number of amides is 1. The summed E-state index contributed by atoms with van der Waals surface area (Å²) in [5, 5.41) is 9.53. The van der Waals surface area contributed by atoms with Crippen LogP contribution in [-0.2, 0) is 6.54 Å². The van der Waals surface area contributed by atoms with E-state index in [-0.39, 0.29) is 17.5 Å². The number of fused-ring (bicyclic) bond motifs is 1. The first-order valence-electron chi connectivity index (χ1n) is 11.3. The van der Waals surface area contributed by atoms with Crippen LogP contribution >= 0.6 is 0 Å². The summed E-state index contributed by atoms with van der Waals surface area (Å²) in [6.07, 6.45) is 3.66. The summed E-state index contributed by atoms with van der Waals surface area (Å²) in [6.45, 7) is 6.30. The van der Waals surface area contributed by atoms with Gasteiger partial charge in [0.1, 0.15) is 11.5 Å². The molecule has 2 aromatic carbocycles. The molecular formula is C27H25N5O3. The van der Waals surface area contributed by atoms with Crippen LogP contribution in [0.1, 0.15) is 51.7 Å². The van der Waals surface area contributed by atoms with Crippen molar-refractivity contribution >= 4 is 23.4 Å². The Hall–Kier alpha value is -4.46. The van der Waals surface area contributed by atoms with Crippen LogP contribution in [-0.4, -0.2) is 31.5 Å². The van der Waals surface area contributed by atoms with Gasteiger partial charge in [0.2, 0.25) is 0 Å². The molecule has 0 radical (unpaired) electrons. The molecule has 35 heavy (non-hydrogen) atoms. The molecular weight excluding hydrogens is 442 g/mol. The Bertz CT molecular complexity index is 1490. The molecule has 0 saturated heterocycles. The number of pyridine rings is 1. The van der Waals surface area contributed by atoms with Crippen molar-refractivity contribution < 1.29 is 14.7 Å². The van der Waals surface area contributed by atoms with Gasteiger partial charge in [-0.25, -0.2) is 14.8 Å². The van der Waals surface area contributed by atoms with Gasteiger partial charge in [0.25, 0.3) is 5.91 Å². The highest BCUT2D eigenvalue weighted by Crippen LogP contribution is 2.34. The van der Waals surface area contributed by atoms with Crippen molar-refractivity contribution in [3.63, 3.8) is 0 Å². The van der Waals surface area contributed by atoms with Crippen LogP contribution < -0.4 is 10.6 Å². The van der Waals surface area contributed by atoms with E-state index < -0.39 is 5.97 Å². The molecule has 0 spiro atoms. The van der Waals surface area contributed by atoms with Gasteiger partial charge in [0.05, 0.1) is 12.1 Å². The molecule has 0 saturated carbocycles. The van der Waals surface area contributed by atoms with Crippen LogP contribution in [0.4, 0.5) is 11.5 Å². The molecule has 176 valence electrons. The number of carboxylic acid groups (broad SMARTS) is 1. The predicted octanol–water partition coefficient (Wildman–Crippen LogP) is 4.94. The minimum atomic E-state index is -1.04. The zero-order valence-corrected chi connectivity index (χ0v) is 19.7. The molecule has 0 atom stereocenters. The van der Waals surface area contributed by atoms with Crippen LogP contribution in [0.25, 0.3) is 22.6 Å². The predicted molar refractivity (Wildman–Crippen MR) is 134 cm³/mol. The number of imidazole rings is 1. The number of anilines is 2. The lowest BCUT2D eigenvalue weighted by Gasteiger charge is -2.16. The van der Waals surface area contributed by atoms with Crippen molar-refractivity contribution in [1.29, 1.82) is 0 Å². The monoisotopic (exact) mass is 467 g/mol. The average molecular weight is 468 g/mol. The van der Waals surface area contributed by atoms with Gasteiger partial charge in [-0.3, -0.25) is 9.69 Å². The Balaban J connectivity index is 1.50. The Morgan fingerprint density at radius 1 is 1.11 bits per heavy atom. The minimum Gasteiger partial charge on any atom is -0.478 e. The lowest BCUT2D eigenvalue weighted by atomic mass is 9.93. The number of aromatic carboxylic acids is 1. The Labute approximate surface area is 202 Å². The molecule has 2 aromatic heterocycles. The van der Waals surface area contributed by atoms with Gasteiger partial charge >= 0.3 is 5.97 Å². The lowest BCUT2D eigenvalue weighted by Crippen LogP contribution is -2.24. The zero-order chi connectivity index (χ0) is 24.9. The van der Waals surface area contributed by atoms with Gasteiger partial charge in [0, 0.05) is 29.7 Å². The maximum absolute atomic E-state index is 13.4. The third-order valence-corrected chi connectivity index (χ3v) is 6.35. The highest BCUT2D eigenvalue weighted by molar-refractivity contribution is 6.10. The number of carboxylic acids is 1. The van der Waals surface area contributed by atoms with E-state index in [0.29, 0.717) is 40.4 Å². The number of rotatable bonds is 5. The van der Waals surface area contributed by atoms with Crippen LogP contribution in [0.5, 0.6) is 0 Å². The van der Waals surface area contributed by atoms with E-state index in [4.69, 9.17) is 10.7 Å². The fraction of sp³-hybridized carbons (Fsp3) is 0.185. The largest absolute Gasteiger partial charge is 0.478 e. The molecule has 0 unspecified atom stereocenters. The van der Waals surface area contributed by atoms with Crippen molar-refractivity contribution in [3.8, 4) is 22.6 Å². The molecule has 4 aromatic rings. The van der Waals surface area contributed by atoms with Crippen LogP contribution in [0, 0.1) is 6.92 Å². The second kappa shape index (κ2) is 8.39. The van der Waals surface area contributed by atoms with Crippen molar-refractivity contribution in [1.82, 2.24) is 14.5 Å². The number of aromatic nitrogens is 3. The van der Waals surface area contributed by atoms with Crippen molar-refractivity contribution in [2.24, 2.45) is 0 Å².